The third-order valence-electron chi connectivity index (χ3n) is 6.78. The molecule has 0 atom stereocenters. The van der Waals surface area contributed by atoms with Gasteiger partial charge in [0.1, 0.15) is 32.9 Å². The fourth-order valence-electron chi connectivity index (χ4n) is 4.85. The van der Waals surface area contributed by atoms with Gasteiger partial charge in [0.2, 0.25) is 0 Å². The second-order valence-electron chi connectivity index (χ2n) is 9.42. The van der Waals surface area contributed by atoms with Gasteiger partial charge in [-0.05, 0) is 67.6 Å². The van der Waals surface area contributed by atoms with E-state index in [1.165, 1.54) is 11.8 Å². The molecule has 0 amide bonds. The van der Waals surface area contributed by atoms with Crippen molar-refractivity contribution in [1.29, 1.82) is 0 Å². The Morgan fingerprint density at radius 2 is 1.10 bits per heavy atom. The highest BCUT2D eigenvalue weighted by Crippen LogP contribution is 2.66. The number of aryl methyl sites for hydroxylation is 1. The van der Waals surface area contributed by atoms with Crippen molar-refractivity contribution in [3.8, 4) is 0 Å². The molecule has 0 aromatic heterocycles. The van der Waals surface area contributed by atoms with Gasteiger partial charge in [0, 0.05) is 15.5 Å². The lowest BCUT2D eigenvalue weighted by Gasteiger charge is -2.30. The van der Waals surface area contributed by atoms with E-state index in [4.69, 9.17) is 23.2 Å². The van der Waals surface area contributed by atoms with Crippen molar-refractivity contribution < 1.29 is 4.79 Å². The molecule has 40 heavy (non-hydrogen) atoms. The molecule has 0 fully saturated rings. The van der Waals surface area contributed by atoms with Crippen LogP contribution in [0.3, 0.4) is 0 Å². The van der Waals surface area contributed by atoms with Gasteiger partial charge in [0.15, 0.2) is 5.78 Å². The molecule has 0 heterocycles. The molecule has 198 valence electrons. The molecule has 0 radical (unpaired) electrons. The number of carbonyl (C=O) groups excluding carboxylic acids is 1. The van der Waals surface area contributed by atoms with Crippen molar-refractivity contribution in [1.82, 2.24) is 0 Å². The zero-order valence-corrected chi connectivity index (χ0v) is 25.2. The fourth-order valence-corrected chi connectivity index (χ4v) is 11.2. The molecule has 0 N–H and O–H groups in total. The van der Waals surface area contributed by atoms with Crippen LogP contribution in [0.15, 0.2) is 154 Å². The third kappa shape index (κ3) is 6.12. The van der Waals surface area contributed by atoms with E-state index in [1.54, 1.807) is 0 Å². The van der Waals surface area contributed by atoms with Crippen LogP contribution in [0.4, 0.5) is 0 Å². The van der Waals surface area contributed by atoms with Crippen LogP contribution in [0.5, 0.6) is 0 Å². The molecule has 5 aromatic carbocycles. The predicted molar refractivity (Wildman–Crippen MR) is 175 cm³/mol. The number of ketones is 1. The second kappa shape index (κ2) is 13.0. The molecule has 0 spiro atoms. The largest absolute Gasteiger partial charge is 0.294 e. The van der Waals surface area contributed by atoms with Crippen molar-refractivity contribution in [3.63, 3.8) is 0 Å². The van der Waals surface area contributed by atoms with E-state index in [0.29, 0.717) is 15.0 Å². The first-order valence-corrected chi connectivity index (χ1v) is 16.3. The number of carbonyl (C=O) groups is 1. The first-order chi connectivity index (χ1) is 19.5. The third-order valence-corrected chi connectivity index (χ3v) is 13.1. The Bertz CT molecular complexity index is 1510. The first kappa shape index (κ1) is 28.4. The lowest BCUT2D eigenvalue weighted by Crippen LogP contribution is -2.33. The van der Waals surface area contributed by atoms with Gasteiger partial charge < -0.3 is 0 Å². The van der Waals surface area contributed by atoms with Crippen LogP contribution in [0.2, 0.25) is 5.02 Å². The average Bonchev–Trinajstić information content (AvgIpc) is 3.00. The van der Waals surface area contributed by atoms with E-state index in [1.807, 2.05) is 73.7 Å². The molecule has 5 aromatic rings. The summed E-state index contributed by atoms with van der Waals surface area (Å²) in [5.74, 6) is 0.0389. The molecule has 5 rings (SSSR count). The van der Waals surface area contributed by atoms with Crippen molar-refractivity contribution in [2.45, 2.75) is 18.2 Å². The van der Waals surface area contributed by atoms with Crippen molar-refractivity contribution in [2.75, 3.05) is 0 Å². The standard InChI is InChI=1S/C35H28Cl2OPS/c1-26-17-19-27(20-18-26)33(38)25-34(35(37)40-32-23-21-28(36)22-24-32)39(29-11-5-2-6-12-29,30-13-7-3-8-14-30)31-15-9-4-10-16-31/h2-24H,25H2,1H3/q+1/b35-34+. The monoisotopic (exact) mass is 597 g/mol. The zero-order valence-electron chi connectivity index (χ0n) is 22.0. The molecule has 0 saturated carbocycles. The average molecular weight is 599 g/mol. The molecular formula is C35H28Cl2OPS+. The maximum atomic E-state index is 14.0. The second-order valence-corrected chi connectivity index (χ2v) is 15.0. The van der Waals surface area contributed by atoms with Crippen LogP contribution in [0.1, 0.15) is 22.3 Å². The van der Waals surface area contributed by atoms with E-state index in [-0.39, 0.29) is 12.2 Å². The van der Waals surface area contributed by atoms with E-state index in [2.05, 4.69) is 72.8 Å². The Kier molecular flexibility index (Phi) is 9.25. The van der Waals surface area contributed by atoms with Gasteiger partial charge in [-0.3, -0.25) is 4.79 Å². The lowest BCUT2D eigenvalue weighted by atomic mass is 10.1. The summed E-state index contributed by atoms with van der Waals surface area (Å²) in [6.07, 6.45) is 0.189. The fraction of sp³-hybridized carbons (Fsp3) is 0.0571. The van der Waals surface area contributed by atoms with Gasteiger partial charge in [-0.15, -0.1) is 0 Å². The normalized spacial score (nSPS) is 12.1. The van der Waals surface area contributed by atoms with Crippen molar-refractivity contribution in [2.24, 2.45) is 0 Å². The van der Waals surface area contributed by atoms with Crippen LogP contribution >= 0.6 is 42.2 Å². The van der Waals surface area contributed by atoms with Crippen molar-refractivity contribution >= 4 is 63.9 Å². The SMILES string of the molecule is Cc1ccc(C(=O)C/C(=C(/Cl)Sc2ccc(Cl)cc2)[P+](c2ccccc2)(c2ccccc2)c2ccccc2)cc1. The van der Waals surface area contributed by atoms with Gasteiger partial charge in [-0.1, -0.05) is 119 Å². The predicted octanol–water partition coefficient (Wildman–Crippen LogP) is 9.42. The van der Waals surface area contributed by atoms with Crippen LogP contribution in [-0.4, -0.2) is 5.78 Å². The highest BCUT2D eigenvalue weighted by Gasteiger charge is 2.51. The summed E-state index contributed by atoms with van der Waals surface area (Å²) in [4.78, 5) is 15.0. The van der Waals surface area contributed by atoms with Crippen LogP contribution < -0.4 is 15.9 Å². The quantitative estimate of drug-likeness (QED) is 0.0956. The summed E-state index contributed by atoms with van der Waals surface area (Å²) in [6, 6.07) is 46.9. The number of rotatable bonds is 9. The summed E-state index contributed by atoms with van der Waals surface area (Å²) in [6.45, 7) is 2.02. The summed E-state index contributed by atoms with van der Waals surface area (Å²) < 4.78 is 0.604. The Hall–Kier alpha value is -3.13. The Morgan fingerprint density at radius 1 is 0.650 bits per heavy atom. The van der Waals surface area contributed by atoms with Crippen molar-refractivity contribution in [3.05, 3.63) is 165 Å². The van der Waals surface area contributed by atoms with E-state index >= 15 is 0 Å². The Morgan fingerprint density at radius 3 is 1.55 bits per heavy atom. The molecular weight excluding hydrogens is 570 g/mol. The number of halogens is 2. The number of allylic oxidation sites excluding steroid dienone is 1. The molecule has 5 heteroatoms. The molecule has 1 nitrogen and oxygen atoms in total. The number of benzene rings is 5. The van der Waals surface area contributed by atoms with Gasteiger partial charge >= 0.3 is 0 Å². The topological polar surface area (TPSA) is 17.1 Å². The maximum absolute atomic E-state index is 14.0. The minimum atomic E-state index is -2.57. The number of hydrogen-bond acceptors (Lipinski definition) is 2. The number of Topliss-reactive ketones (excluding diaryl/α,β-unsaturated/α-hetero) is 1. The Labute approximate surface area is 251 Å². The summed E-state index contributed by atoms with van der Waals surface area (Å²) >= 11 is 15.0. The molecule has 0 aliphatic rings. The molecule has 0 unspecified atom stereocenters. The van der Waals surface area contributed by atoms with Crippen LogP contribution in [0.25, 0.3) is 0 Å². The minimum Gasteiger partial charge on any atom is -0.294 e. The molecule has 0 aliphatic carbocycles. The number of thioether (sulfide) groups is 1. The molecule has 0 saturated heterocycles. The lowest BCUT2D eigenvalue weighted by molar-refractivity contribution is 0.0994. The van der Waals surface area contributed by atoms with Gasteiger partial charge in [-0.25, -0.2) is 0 Å². The minimum absolute atomic E-state index is 0.0389. The van der Waals surface area contributed by atoms with Crippen LogP contribution in [-0.2, 0) is 0 Å². The van der Waals surface area contributed by atoms with Crippen LogP contribution in [0, 0.1) is 6.92 Å². The van der Waals surface area contributed by atoms with E-state index < -0.39 is 7.26 Å². The smallest absolute Gasteiger partial charge is 0.170 e. The van der Waals surface area contributed by atoms with Gasteiger partial charge in [0.25, 0.3) is 0 Å². The molecule has 0 aliphatic heterocycles. The summed E-state index contributed by atoms with van der Waals surface area (Å²) in [5.41, 5.74) is 1.79. The highest BCUT2D eigenvalue weighted by atomic mass is 35.5. The maximum Gasteiger partial charge on any atom is 0.170 e. The highest BCUT2D eigenvalue weighted by molar-refractivity contribution is 8.06. The van der Waals surface area contributed by atoms with E-state index in [0.717, 1.165) is 31.7 Å². The molecule has 0 bridgehead atoms. The Balaban J connectivity index is 1.80. The summed E-state index contributed by atoms with van der Waals surface area (Å²) in [7, 11) is -2.57. The first-order valence-electron chi connectivity index (χ1n) is 13.0. The van der Waals surface area contributed by atoms with Gasteiger partial charge in [-0.2, -0.15) is 0 Å². The van der Waals surface area contributed by atoms with E-state index in [9.17, 15) is 4.79 Å². The summed E-state index contributed by atoms with van der Waals surface area (Å²) in [5, 5.41) is 5.04. The van der Waals surface area contributed by atoms with Gasteiger partial charge in [0.05, 0.1) is 6.42 Å². The zero-order chi connectivity index (χ0) is 28.0. The number of hydrogen-bond donors (Lipinski definition) is 0.